The molecule has 0 aromatic heterocycles. The molecule has 2 fully saturated rings. The molecule has 1 atom stereocenters. The van der Waals surface area contributed by atoms with Crippen LogP contribution in [0.15, 0.2) is 30.3 Å². The second kappa shape index (κ2) is 6.07. The summed E-state index contributed by atoms with van der Waals surface area (Å²) in [7, 11) is -3.03. The van der Waals surface area contributed by atoms with Crippen LogP contribution in [-0.4, -0.2) is 38.1 Å². The van der Waals surface area contributed by atoms with Gasteiger partial charge < -0.3 is 5.32 Å². The molecule has 1 aliphatic heterocycles. The predicted molar refractivity (Wildman–Crippen MR) is 84.5 cm³/mol. The number of piperidine rings is 1. The highest BCUT2D eigenvalue weighted by Gasteiger charge is 2.34. The molecule has 4 nitrogen and oxygen atoms in total. The zero-order valence-corrected chi connectivity index (χ0v) is 13.3. The molecule has 1 saturated heterocycles. The van der Waals surface area contributed by atoms with E-state index in [1.807, 2.05) is 0 Å². The summed E-state index contributed by atoms with van der Waals surface area (Å²) in [6.45, 7) is 1.28. The van der Waals surface area contributed by atoms with Crippen molar-refractivity contribution in [3.63, 3.8) is 0 Å². The number of rotatable bonds is 5. The fraction of sp³-hybridized carbons (Fsp3) is 0.625. The van der Waals surface area contributed by atoms with Crippen LogP contribution in [0, 0.1) is 5.92 Å². The molecule has 0 amide bonds. The second-order valence-corrected chi connectivity index (χ2v) is 8.31. The first-order valence-corrected chi connectivity index (χ1v) is 9.65. The average Bonchev–Trinajstić information content (AvgIpc) is 3.30. The third kappa shape index (κ3) is 3.84. The topological polar surface area (TPSA) is 49.4 Å². The number of nitrogens with zero attached hydrogens (tertiary/aromatic N) is 1. The first kappa shape index (κ1) is 15.0. The Morgan fingerprint density at radius 2 is 1.71 bits per heavy atom. The van der Waals surface area contributed by atoms with Gasteiger partial charge in [0, 0.05) is 25.2 Å². The van der Waals surface area contributed by atoms with Crippen molar-refractivity contribution < 1.29 is 8.42 Å². The summed E-state index contributed by atoms with van der Waals surface area (Å²) in [4.78, 5) is 0. The predicted octanol–water partition coefficient (Wildman–Crippen LogP) is 2.15. The van der Waals surface area contributed by atoms with Gasteiger partial charge in [0.2, 0.25) is 10.0 Å². The van der Waals surface area contributed by atoms with E-state index in [0.29, 0.717) is 25.2 Å². The van der Waals surface area contributed by atoms with Crippen molar-refractivity contribution in [2.24, 2.45) is 5.92 Å². The van der Waals surface area contributed by atoms with Crippen LogP contribution in [0.5, 0.6) is 0 Å². The van der Waals surface area contributed by atoms with Gasteiger partial charge in [-0.05, 0) is 37.2 Å². The van der Waals surface area contributed by atoms with E-state index in [9.17, 15) is 8.42 Å². The zero-order chi connectivity index (χ0) is 14.9. The summed E-state index contributed by atoms with van der Waals surface area (Å²) in [5.41, 5.74) is 1.37. The molecule has 1 unspecified atom stereocenters. The van der Waals surface area contributed by atoms with E-state index in [0.717, 1.165) is 18.8 Å². The standard InChI is InChI=1S/C16H24N2O2S/c1-21(19,20)18-11-9-15(10-12-18)17-16(14-7-8-14)13-5-3-2-4-6-13/h2-6,14-17H,7-12H2,1H3. The van der Waals surface area contributed by atoms with E-state index < -0.39 is 10.0 Å². The van der Waals surface area contributed by atoms with Crippen LogP contribution in [0.2, 0.25) is 0 Å². The Labute approximate surface area is 127 Å². The molecule has 0 spiro atoms. The van der Waals surface area contributed by atoms with E-state index in [1.54, 1.807) is 4.31 Å². The molecule has 1 aromatic rings. The van der Waals surface area contributed by atoms with Gasteiger partial charge in [0.15, 0.2) is 0 Å². The van der Waals surface area contributed by atoms with Gasteiger partial charge in [-0.2, -0.15) is 0 Å². The maximum absolute atomic E-state index is 11.6. The second-order valence-electron chi connectivity index (χ2n) is 6.33. The SMILES string of the molecule is CS(=O)(=O)N1CCC(NC(c2ccccc2)C2CC2)CC1. The molecule has 0 radical (unpaired) electrons. The molecule has 1 N–H and O–H groups in total. The monoisotopic (exact) mass is 308 g/mol. The van der Waals surface area contributed by atoms with Crippen molar-refractivity contribution in [1.29, 1.82) is 0 Å². The van der Waals surface area contributed by atoms with E-state index in [2.05, 4.69) is 35.6 Å². The average molecular weight is 308 g/mol. The van der Waals surface area contributed by atoms with Crippen LogP contribution in [0.4, 0.5) is 0 Å². The number of benzene rings is 1. The first-order chi connectivity index (χ1) is 10.0. The Morgan fingerprint density at radius 3 is 2.24 bits per heavy atom. The number of sulfonamides is 1. The highest BCUT2D eigenvalue weighted by Crippen LogP contribution is 2.41. The Bertz CT molecular complexity index is 561. The molecule has 3 rings (SSSR count). The van der Waals surface area contributed by atoms with Crippen LogP contribution in [0.3, 0.4) is 0 Å². The van der Waals surface area contributed by atoms with E-state index in [-0.39, 0.29) is 0 Å². The fourth-order valence-electron chi connectivity index (χ4n) is 3.20. The van der Waals surface area contributed by atoms with Crippen LogP contribution >= 0.6 is 0 Å². The van der Waals surface area contributed by atoms with Crippen LogP contribution in [0.25, 0.3) is 0 Å². The van der Waals surface area contributed by atoms with Crippen LogP contribution in [-0.2, 0) is 10.0 Å². The summed E-state index contributed by atoms with van der Waals surface area (Å²) in [6.07, 6.45) is 5.72. The molecule has 1 aliphatic carbocycles. The molecule has 116 valence electrons. The Kier molecular flexibility index (Phi) is 4.33. The summed E-state index contributed by atoms with van der Waals surface area (Å²) in [5.74, 6) is 0.750. The summed E-state index contributed by atoms with van der Waals surface area (Å²) < 4.78 is 24.7. The summed E-state index contributed by atoms with van der Waals surface area (Å²) in [5, 5.41) is 3.78. The van der Waals surface area contributed by atoms with E-state index in [1.165, 1.54) is 24.7 Å². The number of hydrogen-bond donors (Lipinski definition) is 1. The molecular weight excluding hydrogens is 284 g/mol. The lowest BCUT2D eigenvalue weighted by atomic mass is 9.98. The van der Waals surface area contributed by atoms with Gasteiger partial charge >= 0.3 is 0 Å². The van der Waals surface area contributed by atoms with Crippen molar-refractivity contribution in [3.05, 3.63) is 35.9 Å². The molecule has 5 heteroatoms. The lowest BCUT2D eigenvalue weighted by molar-refractivity contribution is 0.267. The van der Waals surface area contributed by atoms with Crippen molar-refractivity contribution >= 4 is 10.0 Å². The molecule has 1 heterocycles. The van der Waals surface area contributed by atoms with Crippen LogP contribution < -0.4 is 5.32 Å². The van der Waals surface area contributed by atoms with Gasteiger partial charge in [-0.3, -0.25) is 0 Å². The minimum absolute atomic E-state index is 0.425. The fourth-order valence-corrected chi connectivity index (χ4v) is 4.08. The third-order valence-corrected chi connectivity index (χ3v) is 5.89. The molecule has 2 aliphatic rings. The van der Waals surface area contributed by atoms with Gasteiger partial charge in [0.25, 0.3) is 0 Å². The first-order valence-electron chi connectivity index (χ1n) is 7.80. The van der Waals surface area contributed by atoms with E-state index >= 15 is 0 Å². The Hall–Kier alpha value is -0.910. The van der Waals surface area contributed by atoms with E-state index in [4.69, 9.17) is 0 Å². The van der Waals surface area contributed by atoms with Crippen molar-refractivity contribution in [2.45, 2.75) is 37.8 Å². The number of hydrogen-bond acceptors (Lipinski definition) is 3. The molecule has 1 saturated carbocycles. The molecule has 21 heavy (non-hydrogen) atoms. The lowest BCUT2D eigenvalue weighted by Crippen LogP contribution is -2.45. The highest BCUT2D eigenvalue weighted by atomic mass is 32.2. The van der Waals surface area contributed by atoms with Crippen LogP contribution in [0.1, 0.15) is 37.3 Å². The van der Waals surface area contributed by atoms with Crippen molar-refractivity contribution in [3.8, 4) is 0 Å². The molecular formula is C16H24N2O2S. The largest absolute Gasteiger partial charge is 0.307 e. The van der Waals surface area contributed by atoms with Crippen molar-refractivity contribution in [2.75, 3.05) is 19.3 Å². The molecule has 1 aromatic carbocycles. The zero-order valence-electron chi connectivity index (χ0n) is 12.5. The van der Waals surface area contributed by atoms with Crippen molar-refractivity contribution in [1.82, 2.24) is 9.62 Å². The minimum Gasteiger partial charge on any atom is -0.307 e. The number of nitrogens with one attached hydrogen (secondary N) is 1. The lowest BCUT2D eigenvalue weighted by Gasteiger charge is -2.33. The minimum atomic E-state index is -3.03. The normalized spacial score (nSPS) is 23.1. The van der Waals surface area contributed by atoms with Gasteiger partial charge in [-0.1, -0.05) is 30.3 Å². The maximum Gasteiger partial charge on any atom is 0.211 e. The quantitative estimate of drug-likeness (QED) is 0.907. The Balaban J connectivity index is 1.61. The Morgan fingerprint density at radius 1 is 1.10 bits per heavy atom. The smallest absolute Gasteiger partial charge is 0.211 e. The summed E-state index contributed by atoms with van der Waals surface area (Å²) >= 11 is 0. The maximum atomic E-state index is 11.6. The molecule has 0 bridgehead atoms. The van der Waals surface area contributed by atoms with Gasteiger partial charge in [-0.25, -0.2) is 12.7 Å². The third-order valence-electron chi connectivity index (χ3n) is 4.59. The highest BCUT2D eigenvalue weighted by molar-refractivity contribution is 7.88. The van der Waals surface area contributed by atoms with Gasteiger partial charge in [-0.15, -0.1) is 0 Å². The van der Waals surface area contributed by atoms with Gasteiger partial charge in [0.05, 0.1) is 6.26 Å². The summed E-state index contributed by atoms with van der Waals surface area (Å²) in [6, 6.07) is 11.5. The van der Waals surface area contributed by atoms with Gasteiger partial charge in [0.1, 0.15) is 0 Å².